The summed E-state index contributed by atoms with van der Waals surface area (Å²) < 4.78 is 9.28. The van der Waals surface area contributed by atoms with Gasteiger partial charge in [0.25, 0.3) is 5.56 Å². The van der Waals surface area contributed by atoms with Crippen LogP contribution in [0.2, 0.25) is 0 Å². The molecular formula is C20H22N2O2S. The zero-order chi connectivity index (χ0) is 17.4. The van der Waals surface area contributed by atoms with Gasteiger partial charge in [0.2, 0.25) is 0 Å². The summed E-state index contributed by atoms with van der Waals surface area (Å²) in [4.78, 5) is 14.0. The number of fused-ring (bicyclic) bond motifs is 1. The normalized spacial score (nSPS) is 15.6. The first-order chi connectivity index (χ1) is 12.2. The second-order valence-corrected chi connectivity index (χ2v) is 7.17. The Balaban J connectivity index is 1.97. The van der Waals surface area contributed by atoms with E-state index in [1.165, 1.54) is 19.3 Å². The van der Waals surface area contributed by atoms with Gasteiger partial charge in [0.05, 0.1) is 29.7 Å². The van der Waals surface area contributed by atoms with Gasteiger partial charge in [0.1, 0.15) is 5.75 Å². The van der Waals surface area contributed by atoms with E-state index in [0.717, 1.165) is 40.1 Å². The van der Waals surface area contributed by atoms with Crippen molar-refractivity contribution < 1.29 is 4.74 Å². The second kappa shape index (κ2) is 6.64. The molecule has 1 fully saturated rings. The molecule has 1 saturated carbocycles. The molecular weight excluding hydrogens is 332 g/mol. The van der Waals surface area contributed by atoms with Crippen molar-refractivity contribution in [1.29, 1.82) is 0 Å². The lowest BCUT2D eigenvalue weighted by molar-refractivity contribution is 0.319. The zero-order valence-electron chi connectivity index (χ0n) is 14.3. The van der Waals surface area contributed by atoms with Gasteiger partial charge >= 0.3 is 0 Å². The van der Waals surface area contributed by atoms with Crippen LogP contribution >= 0.6 is 12.6 Å². The smallest absolute Gasteiger partial charge is 0.279 e. The maximum absolute atomic E-state index is 13.2. The molecule has 1 aliphatic carbocycles. The highest BCUT2D eigenvalue weighted by Crippen LogP contribution is 2.32. The van der Waals surface area contributed by atoms with Gasteiger partial charge in [-0.1, -0.05) is 19.3 Å². The van der Waals surface area contributed by atoms with Crippen LogP contribution in [0.3, 0.4) is 0 Å². The lowest BCUT2D eigenvalue weighted by Crippen LogP contribution is -2.25. The number of thiol groups is 1. The number of ether oxygens (including phenoxy) is 1. The van der Waals surface area contributed by atoms with Crippen LogP contribution in [0.4, 0.5) is 0 Å². The number of methoxy groups -OCH3 is 1. The summed E-state index contributed by atoms with van der Waals surface area (Å²) in [5.41, 5.74) is 1.88. The van der Waals surface area contributed by atoms with Gasteiger partial charge in [0.15, 0.2) is 0 Å². The quantitative estimate of drug-likeness (QED) is 0.698. The van der Waals surface area contributed by atoms with E-state index in [4.69, 9.17) is 4.74 Å². The Hall–Kier alpha value is -2.14. The Morgan fingerprint density at radius 1 is 1.04 bits per heavy atom. The molecule has 0 amide bonds. The Morgan fingerprint density at radius 2 is 1.76 bits per heavy atom. The molecule has 3 aromatic rings. The SMILES string of the molecule is COc1ccc(-n2c(=O)c3cc(S)ccc3n2C2CCCCC2)cc1. The Morgan fingerprint density at radius 3 is 2.44 bits per heavy atom. The number of hydrogen-bond acceptors (Lipinski definition) is 3. The largest absolute Gasteiger partial charge is 0.497 e. The first kappa shape index (κ1) is 16.3. The van der Waals surface area contributed by atoms with Crippen LogP contribution in [0.5, 0.6) is 5.75 Å². The Bertz CT molecular complexity index is 950. The summed E-state index contributed by atoms with van der Waals surface area (Å²) in [7, 11) is 1.65. The summed E-state index contributed by atoms with van der Waals surface area (Å²) >= 11 is 4.42. The van der Waals surface area contributed by atoms with Crippen molar-refractivity contribution in [2.75, 3.05) is 7.11 Å². The van der Waals surface area contributed by atoms with E-state index >= 15 is 0 Å². The first-order valence-corrected chi connectivity index (χ1v) is 9.24. The lowest BCUT2D eigenvalue weighted by Gasteiger charge is -2.26. The minimum Gasteiger partial charge on any atom is -0.497 e. The van der Waals surface area contributed by atoms with E-state index in [1.54, 1.807) is 7.11 Å². The number of benzene rings is 2. The second-order valence-electron chi connectivity index (χ2n) is 6.65. The van der Waals surface area contributed by atoms with Crippen molar-refractivity contribution in [3.8, 4) is 11.4 Å². The molecule has 25 heavy (non-hydrogen) atoms. The molecule has 1 aliphatic rings. The van der Waals surface area contributed by atoms with Gasteiger partial charge in [-0.15, -0.1) is 12.6 Å². The molecule has 1 heterocycles. The summed E-state index contributed by atoms with van der Waals surface area (Å²) in [6.45, 7) is 0. The van der Waals surface area contributed by atoms with Gasteiger partial charge in [-0.05, 0) is 55.3 Å². The minimum absolute atomic E-state index is 0.0154. The van der Waals surface area contributed by atoms with Gasteiger partial charge in [-0.2, -0.15) is 0 Å². The van der Waals surface area contributed by atoms with Crippen molar-refractivity contribution >= 4 is 23.5 Å². The molecule has 0 saturated heterocycles. The van der Waals surface area contributed by atoms with Crippen molar-refractivity contribution in [3.05, 3.63) is 52.8 Å². The molecule has 1 aromatic heterocycles. The van der Waals surface area contributed by atoms with Crippen LogP contribution in [0.15, 0.2) is 52.2 Å². The minimum atomic E-state index is 0.0154. The van der Waals surface area contributed by atoms with Gasteiger partial charge in [-0.25, -0.2) is 4.68 Å². The van der Waals surface area contributed by atoms with E-state index in [2.05, 4.69) is 17.3 Å². The molecule has 130 valence electrons. The molecule has 0 spiro atoms. The fourth-order valence-corrected chi connectivity index (χ4v) is 4.07. The van der Waals surface area contributed by atoms with E-state index in [1.807, 2.05) is 47.1 Å². The Kier molecular flexibility index (Phi) is 4.34. The summed E-state index contributed by atoms with van der Waals surface area (Å²) in [5.74, 6) is 0.787. The number of hydrogen-bond donors (Lipinski definition) is 1. The van der Waals surface area contributed by atoms with Crippen LogP contribution in [-0.4, -0.2) is 16.5 Å². The van der Waals surface area contributed by atoms with Crippen LogP contribution in [0, 0.1) is 0 Å². The molecule has 0 atom stereocenters. The molecule has 0 radical (unpaired) electrons. The fraction of sp³-hybridized carbons (Fsp3) is 0.350. The zero-order valence-corrected chi connectivity index (χ0v) is 15.2. The number of rotatable bonds is 3. The van der Waals surface area contributed by atoms with Crippen LogP contribution in [0.25, 0.3) is 16.6 Å². The predicted molar refractivity (Wildman–Crippen MR) is 103 cm³/mol. The van der Waals surface area contributed by atoms with Crippen molar-refractivity contribution in [1.82, 2.24) is 9.36 Å². The van der Waals surface area contributed by atoms with Crippen molar-refractivity contribution in [2.24, 2.45) is 0 Å². The fourth-order valence-electron chi connectivity index (χ4n) is 3.87. The monoisotopic (exact) mass is 354 g/mol. The molecule has 0 N–H and O–H groups in total. The number of aromatic nitrogens is 2. The van der Waals surface area contributed by atoms with Gasteiger partial charge < -0.3 is 4.74 Å². The topological polar surface area (TPSA) is 36.2 Å². The maximum Gasteiger partial charge on any atom is 0.279 e. The van der Waals surface area contributed by atoms with E-state index in [9.17, 15) is 4.79 Å². The van der Waals surface area contributed by atoms with E-state index < -0.39 is 0 Å². The highest BCUT2D eigenvalue weighted by molar-refractivity contribution is 7.80. The average molecular weight is 354 g/mol. The van der Waals surface area contributed by atoms with Crippen LogP contribution in [0.1, 0.15) is 38.1 Å². The van der Waals surface area contributed by atoms with Crippen LogP contribution < -0.4 is 10.3 Å². The van der Waals surface area contributed by atoms with Gasteiger partial charge in [-0.3, -0.25) is 9.48 Å². The predicted octanol–water partition coefficient (Wildman–Crippen LogP) is 4.59. The van der Waals surface area contributed by atoms with Crippen molar-refractivity contribution in [3.63, 3.8) is 0 Å². The number of nitrogens with zero attached hydrogens (tertiary/aromatic N) is 2. The van der Waals surface area contributed by atoms with Gasteiger partial charge in [0, 0.05) is 4.90 Å². The highest BCUT2D eigenvalue weighted by atomic mass is 32.1. The summed E-state index contributed by atoms with van der Waals surface area (Å²) in [5, 5.41) is 0.730. The molecule has 0 aliphatic heterocycles. The first-order valence-electron chi connectivity index (χ1n) is 8.80. The van der Waals surface area contributed by atoms with E-state index in [-0.39, 0.29) is 5.56 Å². The van der Waals surface area contributed by atoms with Crippen molar-refractivity contribution in [2.45, 2.75) is 43.0 Å². The highest BCUT2D eigenvalue weighted by Gasteiger charge is 2.23. The summed E-state index contributed by atoms with van der Waals surface area (Å²) in [6, 6.07) is 13.9. The summed E-state index contributed by atoms with van der Waals surface area (Å²) in [6.07, 6.45) is 5.94. The third-order valence-electron chi connectivity index (χ3n) is 5.10. The third-order valence-corrected chi connectivity index (χ3v) is 5.38. The van der Waals surface area contributed by atoms with Crippen LogP contribution in [-0.2, 0) is 0 Å². The molecule has 4 nitrogen and oxygen atoms in total. The molecule has 5 heteroatoms. The molecule has 2 aromatic carbocycles. The molecule has 4 rings (SSSR count). The lowest BCUT2D eigenvalue weighted by atomic mass is 9.95. The average Bonchev–Trinajstić information content (AvgIpc) is 2.95. The third kappa shape index (κ3) is 2.86. The molecule has 0 bridgehead atoms. The molecule has 0 unspecified atom stereocenters. The van der Waals surface area contributed by atoms with E-state index in [0.29, 0.717) is 6.04 Å². The maximum atomic E-state index is 13.2. The Labute approximate surface area is 152 Å². The standard InChI is InChI=1S/C20H22N2O2S/c1-24-16-9-7-15(8-10-16)22-20(23)18-13-17(25)11-12-19(18)21(22)14-5-3-2-4-6-14/h7-14,25H,2-6H2,1H3.